The van der Waals surface area contributed by atoms with Gasteiger partial charge in [-0.2, -0.15) is 4.98 Å². The van der Waals surface area contributed by atoms with Crippen LogP contribution in [0.5, 0.6) is 5.75 Å². The SMILES string of the molecule is CSc1nc(=Nc2ccc(OC(C)C)cc2)n(Cc2ccc(Cl)cc2)c(=O)n1C(C)C.I. The molecule has 2 aromatic carbocycles. The van der Waals surface area contributed by atoms with Crippen molar-refractivity contribution in [2.45, 2.75) is 51.5 Å². The first-order chi connectivity index (χ1) is 14.8. The quantitative estimate of drug-likeness (QED) is 0.264. The molecule has 0 atom stereocenters. The van der Waals surface area contributed by atoms with E-state index in [1.807, 2.05) is 82.5 Å². The van der Waals surface area contributed by atoms with Crippen LogP contribution in [0.3, 0.4) is 0 Å². The van der Waals surface area contributed by atoms with Crippen molar-refractivity contribution in [1.29, 1.82) is 0 Å². The monoisotopic (exact) mass is 586 g/mol. The molecule has 0 saturated heterocycles. The molecule has 1 heterocycles. The second kappa shape index (κ2) is 11.9. The third-order valence-electron chi connectivity index (χ3n) is 4.47. The number of halogens is 2. The number of thioether (sulfide) groups is 1. The Morgan fingerprint density at radius 2 is 1.69 bits per heavy atom. The predicted octanol–water partition coefficient (Wildman–Crippen LogP) is 5.69. The zero-order chi connectivity index (χ0) is 22.5. The van der Waals surface area contributed by atoms with Gasteiger partial charge in [-0.1, -0.05) is 35.5 Å². The maximum atomic E-state index is 13.4. The van der Waals surface area contributed by atoms with Gasteiger partial charge in [-0.3, -0.25) is 9.13 Å². The highest BCUT2D eigenvalue weighted by atomic mass is 127. The highest BCUT2D eigenvalue weighted by Crippen LogP contribution is 2.19. The molecule has 0 aliphatic rings. The second-order valence-electron chi connectivity index (χ2n) is 7.63. The van der Waals surface area contributed by atoms with Gasteiger partial charge < -0.3 is 4.74 Å². The van der Waals surface area contributed by atoms with Crippen molar-refractivity contribution in [1.82, 2.24) is 14.1 Å². The summed E-state index contributed by atoms with van der Waals surface area (Å²) < 4.78 is 8.99. The molecule has 0 amide bonds. The van der Waals surface area contributed by atoms with Crippen molar-refractivity contribution in [2.24, 2.45) is 4.99 Å². The highest BCUT2D eigenvalue weighted by molar-refractivity contribution is 14.0. The molecular weight excluding hydrogens is 559 g/mol. The lowest BCUT2D eigenvalue weighted by Crippen LogP contribution is -2.43. The fourth-order valence-electron chi connectivity index (χ4n) is 3.07. The summed E-state index contributed by atoms with van der Waals surface area (Å²) in [6.45, 7) is 8.25. The standard InChI is InChI=1S/C23H27ClN4O2S.HI/c1-15(2)28-22(31-5)26-21(25-19-10-12-20(13-11-19)30-16(3)4)27(23(28)29)14-17-6-8-18(24)9-7-17;/h6-13,15-16H,14H2,1-5H3;1H. The van der Waals surface area contributed by atoms with Gasteiger partial charge in [-0.05, 0) is 75.9 Å². The van der Waals surface area contributed by atoms with Crippen molar-refractivity contribution in [3.63, 3.8) is 0 Å². The van der Waals surface area contributed by atoms with Crippen LogP contribution in [-0.2, 0) is 6.54 Å². The lowest BCUT2D eigenvalue weighted by Gasteiger charge is -2.17. The van der Waals surface area contributed by atoms with Crippen LogP contribution < -0.4 is 16.0 Å². The van der Waals surface area contributed by atoms with E-state index in [1.54, 1.807) is 9.13 Å². The van der Waals surface area contributed by atoms with Gasteiger partial charge in [0.1, 0.15) is 5.75 Å². The fourth-order valence-corrected chi connectivity index (χ4v) is 3.85. The third-order valence-corrected chi connectivity index (χ3v) is 5.38. The topological polar surface area (TPSA) is 61.4 Å². The summed E-state index contributed by atoms with van der Waals surface area (Å²) >= 11 is 7.45. The zero-order valence-electron chi connectivity index (χ0n) is 18.8. The largest absolute Gasteiger partial charge is 0.491 e. The summed E-state index contributed by atoms with van der Waals surface area (Å²) in [5, 5.41) is 1.28. The van der Waals surface area contributed by atoms with E-state index in [-0.39, 0.29) is 41.8 Å². The molecular formula is C23H28ClIN4O2S. The van der Waals surface area contributed by atoms with Crippen LogP contribution in [0.2, 0.25) is 5.02 Å². The normalized spacial score (nSPS) is 11.7. The van der Waals surface area contributed by atoms with Gasteiger partial charge >= 0.3 is 5.69 Å². The molecule has 0 radical (unpaired) electrons. The minimum atomic E-state index is -0.150. The Balaban J connectivity index is 0.00000363. The fraction of sp³-hybridized carbons (Fsp3) is 0.348. The maximum Gasteiger partial charge on any atom is 0.333 e. The molecule has 0 aliphatic heterocycles. The summed E-state index contributed by atoms with van der Waals surface area (Å²) in [6, 6.07) is 14.9. The summed E-state index contributed by atoms with van der Waals surface area (Å²) in [7, 11) is 0. The Hall–Kier alpha value is -1.78. The van der Waals surface area contributed by atoms with Crippen LogP contribution in [0.15, 0.2) is 63.5 Å². The Kier molecular flexibility index (Phi) is 9.84. The number of hydrogen-bond acceptors (Lipinski definition) is 5. The van der Waals surface area contributed by atoms with Gasteiger partial charge in [0, 0.05) is 11.1 Å². The van der Waals surface area contributed by atoms with Crippen molar-refractivity contribution in [3.05, 3.63) is 75.2 Å². The Labute approximate surface area is 214 Å². The van der Waals surface area contributed by atoms with Crippen LogP contribution in [0.25, 0.3) is 0 Å². The van der Waals surface area contributed by atoms with E-state index in [0.717, 1.165) is 11.3 Å². The molecule has 172 valence electrons. The molecule has 0 bridgehead atoms. The molecule has 0 spiro atoms. The van der Waals surface area contributed by atoms with Crippen LogP contribution in [0.4, 0.5) is 5.69 Å². The van der Waals surface area contributed by atoms with Crippen molar-refractivity contribution in [2.75, 3.05) is 6.26 Å². The lowest BCUT2D eigenvalue weighted by molar-refractivity contribution is 0.242. The minimum Gasteiger partial charge on any atom is -0.491 e. The molecule has 3 rings (SSSR count). The zero-order valence-corrected chi connectivity index (χ0v) is 22.7. The first-order valence-corrected chi connectivity index (χ1v) is 11.7. The highest BCUT2D eigenvalue weighted by Gasteiger charge is 2.14. The van der Waals surface area contributed by atoms with E-state index in [1.165, 1.54) is 11.8 Å². The number of ether oxygens (including phenoxy) is 1. The first-order valence-electron chi connectivity index (χ1n) is 10.1. The number of hydrogen-bond donors (Lipinski definition) is 0. The predicted molar refractivity (Wildman–Crippen MR) is 142 cm³/mol. The van der Waals surface area contributed by atoms with E-state index in [2.05, 4.69) is 4.99 Å². The maximum absolute atomic E-state index is 13.4. The first kappa shape index (κ1) is 26.5. The Bertz CT molecular complexity index is 1160. The molecule has 0 saturated carbocycles. The third kappa shape index (κ3) is 6.62. The van der Waals surface area contributed by atoms with E-state index >= 15 is 0 Å². The van der Waals surface area contributed by atoms with E-state index in [4.69, 9.17) is 21.3 Å². The van der Waals surface area contributed by atoms with E-state index < -0.39 is 0 Å². The summed E-state index contributed by atoms with van der Waals surface area (Å²) in [6.07, 6.45) is 2.00. The average molecular weight is 587 g/mol. The smallest absolute Gasteiger partial charge is 0.333 e. The number of aromatic nitrogens is 3. The molecule has 1 aromatic heterocycles. The van der Waals surface area contributed by atoms with Gasteiger partial charge in [0.05, 0.1) is 18.3 Å². The van der Waals surface area contributed by atoms with Crippen LogP contribution >= 0.6 is 47.3 Å². The number of benzene rings is 2. The molecule has 0 N–H and O–H groups in total. The number of rotatable bonds is 7. The molecule has 0 unspecified atom stereocenters. The second-order valence-corrected chi connectivity index (χ2v) is 8.84. The van der Waals surface area contributed by atoms with Gasteiger partial charge in [0.2, 0.25) is 5.62 Å². The van der Waals surface area contributed by atoms with Gasteiger partial charge in [0.15, 0.2) is 5.16 Å². The Morgan fingerprint density at radius 3 is 2.22 bits per heavy atom. The molecule has 6 nitrogen and oxygen atoms in total. The van der Waals surface area contributed by atoms with Crippen LogP contribution in [0.1, 0.15) is 39.3 Å². The summed E-state index contributed by atoms with van der Waals surface area (Å²) in [5.41, 5.74) is 1.85. The van der Waals surface area contributed by atoms with Gasteiger partial charge in [-0.15, -0.1) is 24.0 Å². The number of nitrogens with zero attached hydrogens (tertiary/aromatic N) is 4. The minimum absolute atomic E-state index is 0. The molecule has 32 heavy (non-hydrogen) atoms. The van der Waals surface area contributed by atoms with Gasteiger partial charge in [0.25, 0.3) is 0 Å². The summed E-state index contributed by atoms with van der Waals surface area (Å²) in [4.78, 5) is 22.8. The molecule has 0 fully saturated rings. The lowest BCUT2D eigenvalue weighted by atomic mass is 10.2. The van der Waals surface area contributed by atoms with Crippen molar-refractivity contribution >= 4 is 53.0 Å². The van der Waals surface area contributed by atoms with Crippen molar-refractivity contribution in [3.8, 4) is 5.75 Å². The Morgan fingerprint density at radius 1 is 1.06 bits per heavy atom. The summed E-state index contributed by atoms with van der Waals surface area (Å²) in [5.74, 6) is 0.774. The van der Waals surface area contributed by atoms with Crippen LogP contribution in [0, 0.1) is 0 Å². The van der Waals surface area contributed by atoms with E-state index in [9.17, 15) is 4.79 Å². The van der Waals surface area contributed by atoms with E-state index in [0.29, 0.717) is 28.0 Å². The van der Waals surface area contributed by atoms with Crippen LogP contribution in [-0.4, -0.2) is 26.5 Å². The molecule has 0 aliphatic carbocycles. The van der Waals surface area contributed by atoms with Gasteiger partial charge in [-0.25, -0.2) is 9.79 Å². The average Bonchev–Trinajstić information content (AvgIpc) is 2.72. The van der Waals surface area contributed by atoms with Crippen molar-refractivity contribution < 1.29 is 4.74 Å². The molecule has 9 heteroatoms. The molecule has 3 aromatic rings.